The highest BCUT2D eigenvalue weighted by molar-refractivity contribution is 7.92. The summed E-state index contributed by atoms with van der Waals surface area (Å²) in [6, 6.07) is 15.5. The van der Waals surface area contributed by atoms with Crippen LogP contribution in [0.5, 0.6) is 5.75 Å². The topological polar surface area (TPSA) is 124 Å². The van der Waals surface area contributed by atoms with Crippen molar-refractivity contribution in [2.24, 2.45) is 16.7 Å². The average molecular weight is 685 g/mol. The van der Waals surface area contributed by atoms with Crippen molar-refractivity contribution in [3.8, 4) is 5.75 Å². The predicted molar refractivity (Wildman–Crippen MR) is 178 cm³/mol. The number of rotatable bonds is 13. The van der Waals surface area contributed by atoms with E-state index in [1.807, 2.05) is 38.1 Å². The summed E-state index contributed by atoms with van der Waals surface area (Å²) in [5, 5.41) is -1.44. The molecule has 0 unspecified atom stereocenters. The molecule has 3 aliphatic rings. The maximum absolute atomic E-state index is 15.3. The van der Waals surface area contributed by atoms with Crippen LogP contribution in [0.25, 0.3) is 0 Å². The summed E-state index contributed by atoms with van der Waals surface area (Å²) >= 11 is 0. The van der Waals surface area contributed by atoms with E-state index in [0.29, 0.717) is 25.0 Å². The fraction of sp³-hybridized carbons (Fsp3) is 0.568. The van der Waals surface area contributed by atoms with Crippen LogP contribution >= 0.6 is 0 Å². The molecule has 0 amide bonds. The Morgan fingerprint density at radius 1 is 1.02 bits per heavy atom. The number of hydrogen-bond acceptors (Lipinski definition) is 10. The van der Waals surface area contributed by atoms with Gasteiger partial charge >= 0.3 is 11.9 Å². The lowest BCUT2D eigenvalue weighted by Crippen LogP contribution is -2.68. The van der Waals surface area contributed by atoms with E-state index in [1.54, 1.807) is 39.2 Å². The molecular weight excluding hydrogens is 636 g/mol. The molecule has 7 atom stereocenters. The van der Waals surface area contributed by atoms with E-state index in [2.05, 4.69) is 6.58 Å². The molecule has 10 nitrogen and oxygen atoms in total. The second-order valence-electron chi connectivity index (χ2n) is 14.2. The van der Waals surface area contributed by atoms with Crippen LogP contribution in [0.1, 0.15) is 66.4 Å². The van der Waals surface area contributed by atoms with E-state index in [0.717, 1.165) is 5.56 Å². The number of fused-ring (bicyclic) bond motifs is 2. The van der Waals surface area contributed by atoms with Crippen LogP contribution in [0.15, 0.2) is 72.1 Å². The van der Waals surface area contributed by atoms with Gasteiger partial charge in [0.1, 0.15) is 23.2 Å². The van der Waals surface area contributed by atoms with Gasteiger partial charge in [0.25, 0.3) is 0 Å². The minimum atomic E-state index is -4.35. The maximum atomic E-state index is 15.3. The smallest absolute Gasteiger partial charge is 0.303 e. The zero-order valence-corrected chi connectivity index (χ0v) is 29.7. The molecule has 262 valence electrons. The summed E-state index contributed by atoms with van der Waals surface area (Å²) in [5.74, 6) is -1.68. The van der Waals surface area contributed by atoms with Gasteiger partial charge in [0.2, 0.25) is 0 Å². The van der Waals surface area contributed by atoms with E-state index in [9.17, 15) is 9.59 Å². The molecule has 11 heteroatoms. The molecular formula is C37H48O10S. The highest BCUT2D eigenvalue weighted by atomic mass is 32.2. The van der Waals surface area contributed by atoms with Gasteiger partial charge in [-0.05, 0) is 74.3 Å². The van der Waals surface area contributed by atoms with Gasteiger partial charge in [-0.2, -0.15) is 0 Å². The summed E-state index contributed by atoms with van der Waals surface area (Å²) in [4.78, 5) is 25.8. The Kier molecular flexibility index (Phi) is 9.93. The minimum Gasteiger partial charge on any atom is -0.497 e. The van der Waals surface area contributed by atoms with Gasteiger partial charge < -0.3 is 28.4 Å². The molecule has 1 aliphatic heterocycles. The fourth-order valence-corrected chi connectivity index (χ4v) is 11.2. The van der Waals surface area contributed by atoms with Crippen molar-refractivity contribution in [3.05, 3.63) is 72.8 Å². The zero-order chi connectivity index (χ0) is 35.1. The Labute approximate surface area is 284 Å². The van der Waals surface area contributed by atoms with Crippen LogP contribution in [0.3, 0.4) is 0 Å². The van der Waals surface area contributed by atoms with Crippen molar-refractivity contribution < 1.29 is 46.4 Å². The van der Waals surface area contributed by atoms with E-state index < -0.39 is 67.6 Å². The summed E-state index contributed by atoms with van der Waals surface area (Å²) in [6.45, 7) is 14.1. The van der Waals surface area contributed by atoms with Crippen LogP contribution in [-0.4, -0.2) is 69.0 Å². The lowest BCUT2D eigenvalue weighted by molar-refractivity contribution is -0.230. The molecule has 0 radical (unpaired) electrons. The highest BCUT2D eigenvalue weighted by Gasteiger charge is 2.75. The maximum Gasteiger partial charge on any atom is 0.303 e. The minimum absolute atomic E-state index is 0.0527. The second-order valence-corrected chi connectivity index (χ2v) is 16.3. The molecule has 2 aromatic rings. The molecule has 1 heterocycles. The summed E-state index contributed by atoms with van der Waals surface area (Å²) in [5.41, 5.74) is -2.69. The zero-order valence-electron chi connectivity index (χ0n) is 28.9. The standard InChI is InChI=1S/C37H48O10S/c1-9-30(43-22-26-15-17-28(42-8)18-16-26)37(23-44-35(6,7)47-37)32(46-25(3)39)33(48(40,41)29-13-11-10-12-14-29)36-20-19-27(34(36,4)5)21-31(36)45-24(2)38/h9-18,27,30-33H,1,19-23H2,2-8H3/t27-,30+,31+,32-,33-,36+,37-/m0/s1. The van der Waals surface area contributed by atoms with E-state index in [1.165, 1.54) is 32.1 Å². The summed E-state index contributed by atoms with van der Waals surface area (Å²) < 4.78 is 67.7. The molecule has 48 heavy (non-hydrogen) atoms. The quantitative estimate of drug-likeness (QED) is 0.188. The molecule has 0 N–H and O–H groups in total. The number of benzene rings is 2. The molecule has 0 aromatic heterocycles. The first-order chi connectivity index (χ1) is 22.5. The van der Waals surface area contributed by atoms with Crippen molar-refractivity contribution in [2.75, 3.05) is 13.7 Å². The van der Waals surface area contributed by atoms with Crippen LogP contribution in [0.4, 0.5) is 0 Å². The first-order valence-corrected chi connectivity index (χ1v) is 17.9. The molecule has 1 saturated heterocycles. The Bertz CT molecular complexity index is 1600. The molecule has 2 aliphatic carbocycles. The van der Waals surface area contributed by atoms with Gasteiger partial charge in [-0.25, -0.2) is 8.42 Å². The van der Waals surface area contributed by atoms with Gasteiger partial charge in [0.05, 0.1) is 25.2 Å². The van der Waals surface area contributed by atoms with E-state index in [-0.39, 0.29) is 24.0 Å². The Morgan fingerprint density at radius 2 is 1.69 bits per heavy atom. The molecule has 2 bridgehead atoms. The Hall–Kier alpha value is -3.25. The van der Waals surface area contributed by atoms with Crippen LogP contribution in [0, 0.1) is 16.7 Å². The van der Waals surface area contributed by atoms with Crippen molar-refractivity contribution in [3.63, 3.8) is 0 Å². The summed E-state index contributed by atoms with van der Waals surface area (Å²) in [6.07, 6.45) is -0.0973. The number of methoxy groups -OCH3 is 1. The predicted octanol–water partition coefficient (Wildman–Crippen LogP) is 5.82. The second kappa shape index (κ2) is 13.2. The van der Waals surface area contributed by atoms with Gasteiger partial charge in [-0.3, -0.25) is 9.59 Å². The third kappa shape index (κ3) is 6.19. The number of carbonyl (C=O) groups is 2. The van der Waals surface area contributed by atoms with Gasteiger partial charge in [0.15, 0.2) is 27.3 Å². The SMILES string of the molecule is C=C[C@@H](OCc1ccc(OC)cc1)[C@]1([C@@H](OC(C)=O)[C@@H]([C@@]23CC[C@@H](C[C@H]2OC(C)=O)C3(C)C)S(=O)(=O)c2ccccc2)COC(C)(C)O1. The lowest BCUT2D eigenvalue weighted by atomic mass is 9.63. The summed E-state index contributed by atoms with van der Waals surface area (Å²) in [7, 11) is -2.77. The third-order valence-corrected chi connectivity index (χ3v) is 13.1. The number of hydrogen-bond donors (Lipinski definition) is 0. The Balaban J connectivity index is 1.74. The Morgan fingerprint density at radius 3 is 2.21 bits per heavy atom. The molecule has 5 rings (SSSR count). The van der Waals surface area contributed by atoms with Crippen molar-refractivity contribution >= 4 is 21.8 Å². The number of carbonyl (C=O) groups excluding carboxylic acids is 2. The first-order valence-electron chi connectivity index (χ1n) is 16.4. The lowest BCUT2D eigenvalue weighted by Gasteiger charge is -2.52. The largest absolute Gasteiger partial charge is 0.497 e. The fourth-order valence-electron chi connectivity index (χ4n) is 8.60. The number of sulfone groups is 1. The number of ether oxygens (including phenoxy) is 6. The van der Waals surface area contributed by atoms with E-state index in [4.69, 9.17) is 28.4 Å². The van der Waals surface area contributed by atoms with Crippen LogP contribution in [0.2, 0.25) is 0 Å². The van der Waals surface area contributed by atoms with Crippen LogP contribution < -0.4 is 4.74 Å². The molecule has 0 spiro atoms. The van der Waals surface area contributed by atoms with Gasteiger partial charge in [-0.1, -0.05) is 50.3 Å². The molecule has 2 aromatic carbocycles. The van der Waals surface area contributed by atoms with Crippen molar-refractivity contribution in [1.29, 1.82) is 0 Å². The first kappa shape index (κ1) is 36.0. The third-order valence-electron chi connectivity index (χ3n) is 10.8. The highest BCUT2D eigenvalue weighted by Crippen LogP contribution is 2.70. The van der Waals surface area contributed by atoms with Crippen LogP contribution in [-0.2, 0) is 49.7 Å². The average Bonchev–Trinajstić information content (AvgIpc) is 3.57. The van der Waals surface area contributed by atoms with E-state index >= 15 is 8.42 Å². The number of esters is 2. The van der Waals surface area contributed by atoms with Gasteiger partial charge in [0, 0.05) is 19.3 Å². The molecule has 3 fully saturated rings. The van der Waals surface area contributed by atoms with Gasteiger partial charge in [-0.15, -0.1) is 6.58 Å². The normalized spacial score (nSPS) is 29.1. The van der Waals surface area contributed by atoms with Crippen molar-refractivity contribution in [2.45, 2.75) is 107 Å². The molecule has 2 saturated carbocycles. The monoisotopic (exact) mass is 684 g/mol. The van der Waals surface area contributed by atoms with Crippen molar-refractivity contribution in [1.82, 2.24) is 0 Å².